The van der Waals surface area contributed by atoms with Crippen LogP contribution in [0.25, 0.3) is 21.0 Å². The van der Waals surface area contributed by atoms with Gasteiger partial charge in [0.2, 0.25) is 5.91 Å². The lowest BCUT2D eigenvalue weighted by Gasteiger charge is -2.34. The van der Waals surface area contributed by atoms with E-state index in [2.05, 4.69) is 5.32 Å². The fraction of sp³-hybridized carbons (Fsp3) is 0.200. The van der Waals surface area contributed by atoms with Crippen molar-refractivity contribution in [2.45, 2.75) is 6.92 Å². The van der Waals surface area contributed by atoms with Gasteiger partial charge in [-0.25, -0.2) is 9.78 Å². The summed E-state index contributed by atoms with van der Waals surface area (Å²) < 4.78 is 1.01. The Balaban J connectivity index is 1.43. The molecule has 3 heterocycles. The molecule has 0 unspecified atom stereocenters. The number of carbonyl (C=O) groups excluding carboxylic acids is 2. The van der Waals surface area contributed by atoms with E-state index in [9.17, 15) is 19.5 Å². The van der Waals surface area contributed by atoms with Crippen molar-refractivity contribution in [1.29, 1.82) is 0 Å². The van der Waals surface area contributed by atoms with E-state index in [1.54, 1.807) is 58.4 Å². The van der Waals surface area contributed by atoms with Gasteiger partial charge in [-0.15, -0.1) is 11.3 Å². The minimum absolute atomic E-state index is 0.0244. The van der Waals surface area contributed by atoms with Gasteiger partial charge in [-0.2, -0.15) is 0 Å². The van der Waals surface area contributed by atoms with Crippen molar-refractivity contribution in [3.63, 3.8) is 0 Å². The number of rotatable bonds is 4. The topological polar surface area (TPSA) is 103 Å². The normalized spacial score (nSPS) is 13.9. The quantitative estimate of drug-likeness (QED) is 0.460. The molecule has 0 bridgehead atoms. The number of aromatic carboxylic acids is 1. The van der Waals surface area contributed by atoms with E-state index >= 15 is 0 Å². The maximum Gasteiger partial charge on any atom is 0.335 e. The molecular weight excluding hydrogens is 452 g/mol. The van der Waals surface area contributed by atoms with Gasteiger partial charge >= 0.3 is 5.97 Å². The Labute approximate surface area is 199 Å². The van der Waals surface area contributed by atoms with Crippen LogP contribution in [0.2, 0.25) is 0 Å². The predicted octanol–water partition coefficient (Wildman–Crippen LogP) is 4.20. The average molecular weight is 475 g/mol. The van der Waals surface area contributed by atoms with Crippen molar-refractivity contribution >= 4 is 61.6 Å². The lowest BCUT2D eigenvalue weighted by Crippen LogP contribution is -2.50. The van der Waals surface area contributed by atoms with Crippen LogP contribution in [0, 0.1) is 0 Å². The van der Waals surface area contributed by atoms with Crippen molar-refractivity contribution in [3.8, 4) is 0 Å². The van der Waals surface area contributed by atoms with Crippen LogP contribution in [0.4, 0.5) is 11.5 Å². The Morgan fingerprint density at radius 3 is 2.44 bits per heavy atom. The van der Waals surface area contributed by atoms with E-state index in [4.69, 9.17) is 4.98 Å². The molecule has 9 heteroatoms. The summed E-state index contributed by atoms with van der Waals surface area (Å²) in [6, 6.07) is 14.2. The summed E-state index contributed by atoms with van der Waals surface area (Å²) in [4.78, 5) is 44.2. The average Bonchev–Trinajstić information content (AvgIpc) is 3.34. The minimum atomic E-state index is -1.00. The highest BCUT2D eigenvalue weighted by molar-refractivity contribution is 7.18. The summed E-state index contributed by atoms with van der Waals surface area (Å²) in [5.41, 5.74) is 2.03. The van der Waals surface area contributed by atoms with E-state index in [1.807, 2.05) is 23.6 Å². The number of hydrogen-bond acceptors (Lipinski definition) is 6. The zero-order chi connectivity index (χ0) is 23.8. The number of pyridine rings is 1. The molecule has 1 aliphatic heterocycles. The molecule has 8 nitrogen and oxygen atoms in total. The molecule has 2 aromatic heterocycles. The molecule has 1 saturated heterocycles. The predicted molar refractivity (Wildman–Crippen MR) is 132 cm³/mol. The lowest BCUT2D eigenvalue weighted by atomic mass is 10.1. The van der Waals surface area contributed by atoms with Gasteiger partial charge in [0.15, 0.2) is 0 Å². The van der Waals surface area contributed by atoms with Gasteiger partial charge in [0.1, 0.15) is 5.82 Å². The van der Waals surface area contributed by atoms with Gasteiger partial charge in [-0.1, -0.05) is 12.1 Å². The van der Waals surface area contributed by atoms with Crippen LogP contribution >= 0.6 is 11.3 Å². The summed E-state index contributed by atoms with van der Waals surface area (Å²) >= 11 is 1.57. The van der Waals surface area contributed by atoms with Gasteiger partial charge < -0.3 is 20.2 Å². The maximum atomic E-state index is 13.1. The fourth-order valence-corrected chi connectivity index (χ4v) is 5.13. The first kappa shape index (κ1) is 21.8. The SMILES string of the molecule is CC(=O)N1CCN(C(=O)c2cccc(Nc3nc4cc(C(=O)O)ccc4c4sccc34)c2)CC1. The molecule has 172 valence electrons. The number of amides is 2. The van der Waals surface area contributed by atoms with Crippen LogP contribution in [0.3, 0.4) is 0 Å². The molecule has 2 N–H and O–H groups in total. The number of anilines is 2. The number of nitrogens with zero attached hydrogens (tertiary/aromatic N) is 3. The number of thiophene rings is 1. The Kier molecular flexibility index (Phi) is 5.62. The molecule has 0 saturated carbocycles. The van der Waals surface area contributed by atoms with E-state index in [-0.39, 0.29) is 17.4 Å². The van der Waals surface area contributed by atoms with Crippen LogP contribution in [0.5, 0.6) is 0 Å². The van der Waals surface area contributed by atoms with E-state index in [0.717, 1.165) is 15.5 Å². The number of fused-ring (bicyclic) bond motifs is 3. The highest BCUT2D eigenvalue weighted by Crippen LogP contribution is 2.35. The van der Waals surface area contributed by atoms with E-state index in [1.165, 1.54) is 0 Å². The van der Waals surface area contributed by atoms with Gasteiger partial charge in [-0.05, 0) is 41.8 Å². The Hall–Kier alpha value is -3.98. The summed E-state index contributed by atoms with van der Waals surface area (Å²) in [6.07, 6.45) is 0. The van der Waals surface area contributed by atoms with Crippen molar-refractivity contribution in [2.24, 2.45) is 0 Å². The van der Waals surface area contributed by atoms with Crippen LogP contribution in [0.15, 0.2) is 53.9 Å². The monoisotopic (exact) mass is 474 g/mol. The molecule has 2 aromatic carbocycles. The van der Waals surface area contributed by atoms with Crippen LogP contribution < -0.4 is 5.32 Å². The molecule has 0 atom stereocenters. The van der Waals surface area contributed by atoms with Crippen molar-refractivity contribution in [2.75, 3.05) is 31.5 Å². The third-order valence-corrected chi connectivity index (χ3v) is 6.97. The summed E-state index contributed by atoms with van der Waals surface area (Å²) in [7, 11) is 0. The van der Waals surface area contributed by atoms with Gasteiger partial charge in [-0.3, -0.25) is 9.59 Å². The molecule has 2 amide bonds. The smallest absolute Gasteiger partial charge is 0.335 e. The van der Waals surface area contributed by atoms with Crippen molar-refractivity contribution in [1.82, 2.24) is 14.8 Å². The van der Waals surface area contributed by atoms with Crippen molar-refractivity contribution < 1.29 is 19.5 Å². The second-order valence-electron chi connectivity index (χ2n) is 8.16. The van der Waals surface area contributed by atoms with E-state index in [0.29, 0.717) is 48.8 Å². The molecule has 0 spiro atoms. The second kappa shape index (κ2) is 8.75. The number of piperazine rings is 1. The highest BCUT2D eigenvalue weighted by atomic mass is 32.1. The van der Waals surface area contributed by atoms with Crippen LogP contribution in [-0.2, 0) is 4.79 Å². The zero-order valence-electron chi connectivity index (χ0n) is 18.4. The second-order valence-corrected chi connectivity index (χ2v) is 9.08. The number of carboxylic acid groups (broad SMARTS) is 1. The largest absolute Gasteiger partial charge is 0.478 e. The van der Waals surface area contributed by atoms with Crippen LogP contribution in [-0.4, -0.2) is 63.9 Å². The lowest BCUT2D eigenvalue weighted by molar-refractivity contribution is -0.130. The Bertz CT molecular complexity index is 1440. The summed E-state index contributed by atoms with van der Waals surface area (Å²) in [6.45, 7) is 3.62. The minimum Gasteiger partial charge on any atom is -0.478 e. The number of nitrogens with one attached hydrogen (secondary N) is 1. The molecular formula is C25H22N4O4S. The number of hydrogen-bond donors (Lipinski definition) is 2. The third kappa shape index (κ3) is 4.06. The first-order valence-corrected chi connectivity index (χ1v) is 11.7. The molecule has 34 heavy (non-hydrogen) atoms. The molecule has 4 aromatic rings. The fourth-order valence-electron chi connectivity index (χ4n) is 4.20. The number of carboxylic acids is 1. The van der Waals surface area contributed by atoms with Crippen LogP contribution in [0.1, 0.15) is 27.6 Å². The number of benzene rings is 2. The van der Waals surface area contributed by atoms with Gasteiger partial charge in [0.25, 0.3) is 5.91 Å². The van der Waals surface area contributed by atoms with E-state index < -0.39 is 5.97 Å². The Morgan fingerprint density at radius 1 is 0.941 bits per heavy atom. The number of carbonyl (C=O) groups is 3. The highest BCUT2D eigenvalue weighted by Gasteiger charge is 2.23. The number of aromatic nitrogens is 1. The zero-order valence-corrected chi connectivity index (χ0v) is 19.3. The molecule has 0 aliphatic carbocycles. The molecule has 1 aliphatic rings. The summed E-state index contributed by atoms with van der Waals surface area (Å²) in [5.74, 6) is -0.452. The summed E-state index contributed by atoms with van der Waals surface area (Å²) in [5, 5.41) is 16.5. The third-order valence-electron chi connectivity index (χ3n) is 6.03. The van der Waals surface area contributed by atoms with Gasteiger partial charge in [0, 0.05) is 59.8 Å². The first-order chi connectivity index (χ1) is 16.4. The van der Waals surface area contributed by atoms with Gasteiger partial charge in [0.05, 0.1) is 11.1 Å². The molecule has 5 rings (SSSR count). The standard InChI is InChI=1S/C25H22N4O4S/c1-15(30)28-8-10-29(11-9-28)24(31)16-3-2-4-18(13-16)26-23-20-7-12-34-22(20)19-6-5-17(25(32)33)14-21(19)27-23/h2-7,12-14H,8-11H2,1H3,(H,26,27)(H,32,33). The molecule has 0 radical (unpaired) electrons. The molecule has 1 fully saturated rings. The van der Waals surface area contributed by atoms with Crippen molar-refractivity contribution in [3.05, 3.63) is 65.0 Å². The maximum absolute atomic E-state index is 13.1. The first-order valence-electron chi connectivity index (χ1n) is 10.9. The Morgan fingerprint density at radius 2 is 1.71 bits per heavy atom.